The minimum Gasteiger partial charge on any atom is -0.256 e. The minimum atomic E-state index is -0.239. The minimum absolute atomic E-state index is 0.0837. The van der Waals surface area contributed by atoms with E-state index in [1.807, 2.05) is 30.3 Å². The van der Waals surface area contributed by atoms with Gasteiger partial charge in [0, 0.05) is 11.8 Å². The average molecular weight is 572 g/mol. The fourth-order valence-corrected chi connectivity index (χ4v) is 6.04. The molecule has 0 saturated heterocycles. The molecule has 0 aliphatic carbocycles. The Morgan fingerprint density at radius 3 is 1.59 bits per heavy atom. The molecule has 0 aliphatic heterocycles. The summed E-state index contributed by atoms with van der Waals surface area (Å²) in [7, 11) is 0. The Labute approximate surface area is 270 Å². The van der Waals surface area contributed by atoms with Crippen LogP contribution in [0.1, 0.15) is 37.3 Å². The van der Waals surface area contributed by atoms with Crippen LogP contribution < -0.4 is 0 Å². The van der Waals surface area contributed by atoms with Crippen molar-refractivity contribution in [1.82, 2.24) is 4.98 Å². The van der Waals surface area contributed by atoms with Gasteiger partial charge in [0.25, 0.3) is 0 Å². The van der Waals surface area contributed by atoms with E-state index in [0.717, 1.165) is 27.1 Å². The van der Waals surface area contributed by atoms with E-state index in [1.54, 1.807) is 54.7 Å². The first-order valence-corrected chi connectivity index (χ1v) is 14.7. The molecule has 0 saturated carbocycles. The molecule has 7 aromatic carbocycles. The zero-order valence-corrected chi connectivity index (χ0v) is 24.7. The number of hydrogen-bond donors (Lipinski definition) is 0. The van der Waals surface area contributed by atoms with Crippen molar-refractivity contribution in [3.05, 3.63) is 151 Å². The van der Waals surface area contributed by atoms with Crippen LogP contribution >= 0.6 is 0 Å². The number of rotatable bonds is 4. The molecule has 8 aromatic rings. The smallest absolute Gasteiger partial charge is 0.0701 e. The standard InChI is InChI=1S/C43H33N/c1-43(2,3)35-25-33-20-22-36-38(30-14-12-29(13-15-30)28-9-5-4-6-10-28)27-39(37-23-21-34(26-35)41(33)42(36)37)31-16-18-32(19-17-31)40-11-7-8-24-44-40/h4-27H,1-3H3/i12D,13D,14D,15D,16D,17D,18D,19D. The molecule has 0 fully saturated rings. The molecule has 0 atom stereocenters. The number of pyridine rings is 1. The molecule has 44 heavy (non-hydrogen) atoms. The maximum Gasteiger partial charge on any atom is 0.0701 e. The Bertz CT molecular complexity index is 2500. The quantitative estimate of drug-likeness (QED) is 0.191. The van der Waals surface area contributed by atoms with Gasteiger partial charge in [-0.1, -0.05) is 142 Å². The predicted octanol–water partition coefficient (Wildman–Crippen LogP) is 11.9. The van der Waals surface area contributed by atoms with E-state index in [9.17, 15) is 5.48 Å². The first-order chi connectivity index (χ1) is 24.8. The third-order valence-electron chi connectivity index (χ3n) is 8.35. The molecular formula is C43H33N. The molecule has 0 spiro atoms. The number of nitrogens with zero attached hydrogens (tertiary/aromatic N) is 1. The summed E-state index contributed by atoms with van der Waals surface area (Å²) >= 11 is 0. The Morgan fingerprint density at radius 1 is 0.500 bits per heavy atom. The Balaban J connectivity index is 1.53. The number of hydrogen-bond acceptors (Lipinski definition) is 1. The van der Waals surface area contributed by atoms with Crippen molar-refractivity contribution in [2.45, 2.75) is 26.2 Å². The van der Waals surface area contributed by atoms with Gasteiger partial charge in [0.1, 0.15) is 0 Å². The molecule has 0 N–H and O–H groups in total. The van der Waals surface area contributed by atoms with Crippen molar-refractivity contribution in [3.8, 4) is 44.6 Å². The van der Waals surface area contributed by atoms with Crippen LogP contribution in [0.25, 0.3) is 77.0 Å². The lowest BCUT2D eigenvalue weighted by Gasteiger charge is -2.23. The van der Waals surface area contributed by atoms with E-state index >= 15 is 0 Å². The van der Waals surface area contributed by atoms with Gasteiger partial charge >= 0.3 is 0 Å². The van der Waals surface area contributed by atoms with Crippen LogP contribution in [0.5, 0.6) is 0 Å². The highest BCUT2D eigenvalue weighted by Crippen LogP contribution is 2.45. The summed E-state index contributed by atoms with van der Waals surface area (Å²) in [5, 5.41) is 5.08. The zero-order chi connectivity index (χ0) is 36.8. The topological polar surface area (TPSA) is 12.9 Å². The maximum absolute atomic E-state index is 9.31. The second-order valence-electron chi connectivity index (χ2n) is 12.2. The molecule has 0 bridgehead atoms. The van der Waals surface area contributed by atoms with Crippen LogP contribution in [-0.4, -0.2) is 4.98 Å². The highest BCUT2D eigenvalue weighted by atomic mass is 14.7. The highest BCUT2D eigenvalue weighted by molar-refractivity contribution is 6.28. The number of benzene rings is 7. The first kappa shape index (κ1) is 19.1. The second kappa shape index (κ2) is 10.2. The van der Waals surface area contributed by atoms with E-state index in [2.05, 4.69) is 37.9 Å². The summed E-state index contributed by atoms with van der Waals surface area (Å²) in [6.45, 7) is 6.48. The van der Waals surface area contributed by atoms with E-state index < -0.39 is 0 Å². The SMILES string of the molecule is [2H]c1c([2H])c(-c2cc(-c3c([2H])c([2H])c(-c4ccccn4)c([2H])c3[2H])c3ccc4cc(C(C)(C)C)cc5ccc2c3c54)c([2H])c([2H])c1-c1ccccc1. The molecule has 1 heteroatoms. The molecule has 0 amide bonds. The van der Waals surface area contributed by atoms with Crippen molar-refractivity contribution >= 4 is 32.3 Å². The summed E-state index contributed by atoms with van der Waals surface area (Å²) in [6, 6.07) is 26.4. The summed E-state index contributed by atoms with van der Waals surface area (Å²) in [6.07, 6.45) is 1.55. The number of aromatic nitrogens is 1. The fourth-order valence-electron chi connectivity index (χ4n) is 6.04. The zero-order valence-electron chi connectivity index (χ0n) is 32.7. The first-order valence-electron chi connectivity index (χ1n) is 18.7. The third-order valence-corrected chi connectivity index (χ3v) is 8.35. The lowest BCUT2D eigenvalue weighted by Crippen LogP contribution is -2.10. The highest BCUT2D eigenvalue weighted by Gasteiger charge is 2.20. The Kier molecular flexibility index (Phi) is 4.42. The van der Waals surface area contributed by atoms with Crippen molar-refractivity contribution in [2.75, 3.05) is 0 Å². The van der Waals surface area contributed by atoms with Crippen LogP contribution in [0.2, 0.25) is 0 Å². The largest absolute Gasteiger partial charge is 0.256 e. The van der Waals surface area contributed by atoms with Gasteiger partial charge in [-0.2, -0.15) is 0 Å². The molecular weight excluding hydrogens is 530 g/mol. The fraction of sp³-hybridized carbons (Fsp3) is 0.0930. The van der Waals surface area contributed by atoms with Gasteiger partial charge in [0.2, 0.25) is 0 Å². The van der Waals surface area contributed by atoms with Gasteiger partial charge in [0.05, 0.1) is 16.7 Å². The molecule has 0 unspecified atom stereocenters. The van der Waals surface area contributed by atoms with Crippen LogP contribution in [0.3, 0.4) is 0 Å². The van der Waals surface area contributed by atoms with Crippen molar-refractivity contribution in [1.29, 1.82) is 0 Å². The van der Waals surface area contributed by atoms with Gasteiger partial charge < -0.3 is 0 Å². The lowest BCUT2D eigenvalue weighted by atomic mass is 9.81. The summed E-state index contributed by atoms with van der Waals surface area (Å²) in [5.74, 6) is 0. The second-order valence-corrected chi connectivity index (χ2v) is 12.2. The average Bonchev–Trinajstić information content (AvgIpc) is 3.13. The molecule has 8 rings (SSSR count). The van der Waals surface area contributed by atoms with Crippen molar-refractivity contribution in [2.24, 2.45) is 0 Å². The monoisotopic (exact) mass is 571 g/mol. The molecule has 0 radical (unpaired) electrons. The normalized spacial score (nSPS) is 14.5. The van der Waals surface area contributed by atoms with E-state index in [4.69, 9.17) is 5.48 Å². The van der Waals surface area contributed by atoms with Crippen molar-refractivity contribution < 1.29 is 11.0 Å². The summed E-state index contributed by atoms with van der Waals surface area (Å²) in [4.78, 5) is 4.32. The van der Waals surface area contributed by atoms with Gasteiger partial charge in [-0.25, -0.2) is 0 Å². The van der Waals surface area contributed by atoms with Crippen LogP contribution in [0.4, 0.5) is 0 Å². The Hall–Kier alpha value is -5.27. The molecule has 1 heterocycles. The van der Waals surface area contributed by atoms with E-state index in [-0.39, 0.29) is 76.0 Å². The third kappa shape index (κ3) is 4.44. The summed E-state index contributed by atoms with van der Waals surface area (Å²) in [5.41, 5.74) is 3.25. The van der Waals surface area contributed by atoms with Gasteiger partial charge in [-0.05, 0) is 94.9 Å². The molecule has 1 nitrogen and oxygen atoms in total. The molecule has 1 aromatic heterocycles. The Morgan fingerprint density at radius 2 is 1.05 bits per heavy atom. The lowest BCUT2D eigenvalue weighted by molar-refractivity contribution is 0.591. The van der Waals surface area contributed by atoms with Crippen LogP contribution in [0, 0.1) is 0 Å². The van der Waals surface area contributed by atoms with Crippen LogP contribution in [0.15, 0.2) is 146 Å². The van der Waals surface area contributed by atoms with E-state index in [1.165, 1.54) is 0 Å². The maximum atomic E-state index is 9.31. The molecule has 210 valence electrons. The van der Waals surface area contributed by atoms with Crippen molar-refractivity contribution in [3.63, 3.8) is 0 Å². The predicted molar refractivity (Wildman–Crippen MR) is 188 cm³/mol. The van der Waals surface area contributed by atoms with Gasteiger partial charge in [0.15, 0.2) is 0 Å². The molecule has 0 aliphatic rings. The van der Waals surface area contributed by atoms with Gasteiger partial charge in [-0.15, -0.1) is 0 Å². The summed E-state index contributed by atoms with van der Waals surface area (Å²) < 4.78 is 73.5. The van der Waals surface area contributed by atoms with Gasteiger partial charge in [-0.3, -0.25) is 4.98 Å². The van der Waals surface area contributed by atoms with Crippen LogP contribution in [-0.2, 0) is 5.41 Å². The van der Waals surface area contributed by atoms with E-state index in [0.29, 0.717) is 33.2 Å².